The lowest BCUT2D eigenvalue weighted by molar-refractivity contribution is -0.125. The number of amides is 1. The van der Waals surface area contributed by atoms with Crippen molar-refractivity contribution < 1.29 is 4.79 Å². The van der Waals surface area contributed by atoms with Gasteiger partial charge in [0.05, 0.1) is 5.69 Å². The van der Waals surface area contributed by atoms with Gasteiger partial charge in [0.2, 0.25) is 5.91 Å². The highest BCUT2D eigenvalue weighted by molar-refractivity contribution is 5.78. The Labute approximate surface area is 136 Å². The van der Waals surface area contributed by atoms with E-state index >= 15 is 0 Å². The first-order valence-electron chi connectivity index (χ1n) is 8.05. The molecule has 5 nitrogen and oxygen atoms in total. The molecular weight excluding hydrogens is 288 g/mol. The summed E-state index contributed by atoms with van der Waals surface area (Å²) in [5.41, 5.74) is 3.03. The molecule has 1 atom stereocenters. The number of aryl methyl sites for hydroxylation is 2. The number of carbonyl (C=O) groups excluding carboxylic acids is 1. The number of hydrogen-bond donors (Lipinski definition) is 1. The molecule has 0 radical (unpaired) electrons. The van der Waals surface area contributed by atoms with Gasteiger partial charge in [-0.05, 0) is 50.8 Å². The van der Waals surface area contributed by atoms with E-state index in [0.717, 1.165) is 42.0 Å². The van der Waals surface area contributed by atoms with Crippen LogP contribution in [0.1, 0.15) is 36.2 Å². The Morgan fingerprint density at radius 3 is 2.83 bits per heavy atom. The first kappa shape index (κ1) is 15.5. The molecule has 2 heterocycles. The molecule has 0 fully saturated rings. The standard InChI is InChI=1S/C18H22N4O/c1-13-10-14(2)22(21-13)17-9-8-15(11-19-17)12-20-18(23)16-6-4-3-5-7-16/h3-4,8-11,16H,5-7,12H2,1-2H3,(H,20,23)/t16-/m1/s1. The van der Waals surface area contributed by atoms with Crippen LogP contribution in [0.25, 0.3) is 5.82 Å². The second-order valence-corrected chi connectivity index (χ2v) is 6.06. The zero-order valence-electron chi connectivity index (χ0n) is 13.6. The van der Waals surface area contributed by atoms with Gasteiger partial charge in [-0.15, -0.1) is 0 Å². The summed E-state index contributed by atoms with van der Waals surface area (Å²) in [6.07, 6.45) is 8.83. The summed E-state index contributed by atoms with van der Waals surface area (Å²) in [7, 11) is 0. The SMILES string of the molecule is Cc1cc(C)n(-c2ccc(CNC(=O)[C@@H]3CC=CCC3)cn2)n1. The van der Waals surface area contributed by atoms with Gasteiger partial charge in [-0.25, -0.2) is 9.67 Å². The summed E-state index contributed by atoms with van der Waals surface area (Å²) in [6.45, 7) is 4.49. The monoisotopic (exact) mass is 310 g/mol. The summed E-state index contributed by atoms with van der Waals surface area (Å²) in [6, 6.07) is 5.94. The van der Waals surface area contributed by atoms with E-state index in [1.807, 2.05) is 36.7 Å². The number of rotatable bonds is 4. The molecule has 120 valence electrons. The molecular formula is C18H22N4O. The van der Waals surface area contributed by atoms with Crippen LogP contribution in [0.5, 0.6) is 0 Å². The highest BCUT2D eigenvalue weighted by Crippen LogP contribution is 2.18. The van der Waals surface area contributed by atoms with Crippen LogP contribution in [0.15, 0.2) is 36.5 Å². The van der Waals surface area contributed by atoms with Crippen LogP contribution in [0.2, 0.25) is 0 Å². The fourth-order valence-electron chi connectivity index (χ4n) is 2.87. The summed E-state index contributed by atoms with van der Waals surface area (Å²) in [5.74, 6) is 1.04. The van der Waals surface area contributed by atoms with Crippen molar-refractivity contribution in [1.82, 2.24) is 20.1 Å². The molecule has 0 spiro atoms. The van der Waals surface area contributed by atoms with Crippen molar-refractivity contribution in [3.05, 3.63) is 53.5 Å². The van der Waals surface area contributed by atoms with E-state index < -0.39 is 0 Å². The van der Waals surface area contributed by atoms with Gasteiger partial charge in [-0.1, -0.05) is 18.2 Å². The maximum atomic E-state index is 12.1. The molecule has 0 unspecified atom stereocenters. The molecule has 5 heteroatoms. The minimum atomic E-state index is 0.113. The van der Waals surface area contributed by atoms with Crippen LogP contribution in [-0.2, 0) is 11.3 Å². The maximum Gasteiger partial charge on any atom is 0.223 e. The predicted octanol–water partition coefficient (Wildman–Crippen LogP) is 2.86. The van der Waals surface area contributed by atoms with Crippen molar-refractivity contribution in [2.45, 2.75) is 39.7 Å². The number of nitrogens with one attached hydrogen (secondary N) is 1. The zero-order chi connectivity index (χ0) is 16.2. The first-order chi connectivity index (χ1) is 11.1. The van der Waals surface area contributed by atoms with Gasteiger partial charge in [-0.2, -0.15) is 5.10 Å². The lowest BCUT2D eigenvalue weighted by atomic mass is 9.93. The van der Waals surface area contributed by atoms with Crippen LogP contribution >= 0.6 is 0 Å². The first-order valence-corrected chi connectivity index (χ1v) is 8.05. The molecule has 0 bridgehead atoms. The Morgan fingerprint density at radius 2 is 2.22 bits per heavy atom. The summed E-state index contributed by atoms with van der Waals surface area (Å²) in [4.78, 5) is 16.6. The van der Waals surface area contributed by atoms with Crippen molar-refractivity contribution in [3.8, 4) is 5.82 Å². The third-order valence-corrected chi connectivity index (χ3v) is 4.14. The topological polar surface area (TPSA) is 59.8 Å². The van der Waals surface area contributed by atoms with E-state index in [-0.39, 0.29) is 11.8 Å². The molecule has 0 aliphatic heterocycles. The number of aromatic nitrogens is 3. The molecule has 3 rings (SSSR count). The lowest BCUT2D eigenvalue weighted by Gasteiger charge is -2.17. The molecule has 1 aliphatic carbocycles. The van der Waals surface area contributed by atoms with E-state index in [1.54, 1.807) is 6.20 Å². The smallest absolute Gasteiger partial charge is 0.223 e. The average molecular weight is 310 g/mol. The van der Waals surface area contributed by atoms with Crippen LogP contribution in [0, 0.1) is 19.8 Å². The summed E-state index contributed by atoms with van der Waals surface area (Å²) < 4.78 is 1.83. The fourth-order valence-corrected chi connectivity index (χ4v) is 2.87. The Morgan fingerprint density at radius 1 is 1.35 bits per heavy atom. The van der Waals surface area contributed by atoms with Gasteiger partial charge in [0, 0.05) is 24.4 Å². The van der Waals surface area contributed by atoms with E-state index in [2.05, 4.69) is 27.6 Å². The fraction of sp³-hybridized carbons (Fsp3) is 0.389. The normalized spacial score (nSPS) is 17.2. The predicted molar refractivity (Wildman–Crippen MR) is 89.2 cm³/mol. The quantitative estimate of drug-likeness (QED) is 0.883. The van der Waals surface area contributed by atoms with E-state index in [0.29, 0.717) is 6.54 Å². The number of allylic oxidation sites excluding steroid dienone is 2. The van der Waals surface area contributed by atoms with E-state index in [1.165, 1.54) is 0 Å². The lowest BCUT2D eigenvalue weighted by Crippen LogP contribution is -2.30. The Balaban J connectivity index is 1.60. The minimum absolute atomic E-state index is 0.113. The third-order valence-electron chi connectivity index (χ3n) is 4.14. The largest absolute Gasteiger partial charge is 0.352 e. The number of carbonyl (C=O) groups is 1. The zero-order valence-corrected chi connectivity index (χ0v) is 13.6. The number of hydrogen-bond acceptors (Lipinski definition) is 3. The molecule has 1 aliphatic rings. The van der Waals surface area contributed by atoms with Crippen LogP contribution in [-0.4, -0.2) is 20.7 Å². The van der Waals surface area contributed by atoms with Crippen LogP contribution in [0.4, 0.5) is 0 Å². The van der Waals surface area contributed by atoms with Gasteiger partial charge in [0.15, 0.2) is 5.82 Å². The molecule has 1 amide bonds. The van der Waals surface area contributed by atoms with Gasteiger partial charge < -0.3 is 5.32 Å². The molecule has 0 saturated carbocycles. The number of nitrogens with zero attached hydrogens (tertiary/aromatic N) is 3. The van der Waals surface area contributed by atoms with Crippen molar-refractivity contribution in [1.29, 1.82) is 0 Å². The Bertz CT molecular complexity index is 715. The van der Waals surface area contributed by atoms with Crippen LogP contribution in [0.3, 0.4) is 0 Å². The second-order valence-electron chi connectivity index (χ2n) is 6.06. The summed E-state index contributed by atoms with van der Waals surface area (Å²) >= 11 is 0. The van der Waals surface area contributed by atoms with Crippen molar-refractivity contribution >= 4 is 5.91 Å². The third kappa shape index (κ3) is 3.67. The molecule has 2 aromatic heterocycles. The maximum absolute atomic E-state index is 12.1. The van der Waals surface area contributed by atoms with Crippen molar-refractivity contribution in [2.75, 3.05) is 0 Å². The molecule has 23 heavy (non-hydrogen) atoms. The number of pyridine rings is 1. The van der Waals surface area contributed by atoms with Gasteiger partial charge in [0.25, 0.3) is 0 Å². The van der Waals surface area contributed by atoms with Crippen molar-refractivity contribution in [3.63, 3.8) is 0 Å². The van der Waals surface area contributed by atoms with Gasteiger partial charge >= 0.3 is 0 Å². The van der Waals surface area contributed by atoms with Gasteiger partial charge in [-0.3, -0.25) is 4.79 Å². The minimum Gasteiger partial charge on any atom is -0.352 e. The molecule has 1 N–H and O–H groups in total. The molecule has 2 aromatic rings. The van der Waals surface area contributed by atoms with E-state index in [4.69, 9.17) is 0 Å². The average Bonchev–Trinajstić information content (AvgIpc) is 2.92. The molecule has 0 aromatic carbocycles. The Hall–Kier alpha value is -2.43. The highest BCUT2D eigenvalue weighted by Gasteiger charge is 2.18. The van der Waals surface area contributed by atoms with Crippen LogP contribution < -0.4 is 5.32 Å². The van der Waals surface area contributed by atoms with E-state index in [9.17, 15) is 4.79 Å². The van der Waals surface area contributed by atoms with Crippen molar-refractivity contribution in [2.24, 2.45) is 5.92 Å². The highest BCUT2D eigenvalue weighted by atomic mass is 16.1. The second kappa shape index (κ2) is 6.77. The molecule has 0 saturated heterocycles. The summed E-state index contributed by atoms with van der Waals surface area (Å²) in [5, 5.41) is 7.43. The van der Waals surface area contributed by atoms with Gasteiger partial charge in [0.1, 0.15) is 0 Å². The Kier molecular flexibility index (Phi) is 4.55.